The molecule has 112 valence electrons. The number of hydrogen-bond donors (Lipinski definition) is 1. The van der Waals surface area contributed by atoms with E-state index in [2.05, 4.69) is 0 Å². The van der Waals surface area contributed by atoms with Crippen LogP contribution in [-0.2, 0) is 4.79 Å². The van der Waals surface area contributed by atoms with Crippen LogP contribution in [0.15, 0.2) is 48.5 Å². The molecule has 0 aliphatic heterocycles. The quantitative estimate of drug-likeness (QED) is 0.689. The fourth-order valence-corrected chi connectivity index (χ4v) is 1.68. The topological polar surface area (TPSA) is 89.9 Å². The zero-order chi connectivity index (χ0) is 16.1. The second kappa shape index (κ2) is 6.53. The summed E-state index contributed by atoms with van der Waals surface area (Å²) in [5.41, 5.74) is 0.288. The standard InChI is InChI=1S/C16H12O6/c1-10(17)21-13-3-2-4-14(9-13)22-16(20)12-7-5-11(6-8-12)15(18)19/h2-9H,1H3,(H,18,19). The van der Waals surface area contributed by atoms with Gasteiger partial charge in [-0.05, 0) is 36.4 Å². The number of esters is 2. The van der Waals surface area contributed by atoms with Gasteiger partial charge in [0, 0.05) is 13.0 Å². The molecule has 22 heavy (non-hydrogen) atoms. The lowest BCUT2D eigenvalue weighted by molar-refractivity contribution is -0.131. The Balaban J connectivity index is 2.11. The Morgan fingerprint density at radius 1 is 0.864 bits per heavy atom. The van der Waals surface area contributed by atoms with Crippen molar-refractivity contribution in [3.05, 3.63) is 59.7 Å². The molecule has 2 aromatic rings. The minimum Gasteiger partial charge on any atom is -0.478 e. The highest BCUT2D eigenvalue weighted by atomic mass is 16.5. The van der Waals surface area contributed by atoms with Crippen molar-refractivity contribution in [2.45, 2.75) is 6.92 Å². The zero-order valence-corrected chi connectivity index (χ0v) is 11.6. The van der Waals surface area contributed by atoms with Gasteiger partial charge in [0.2, 0.25) is 0 Å². The Labute approximate surface area is 125 Å². The molecule has 0 aromatic heterocycles. The van der Waals surface area contributed by atoms with Gasteiger partial charge in [-0.2, -0.15) is 0 Å². The molecule has 1 N–H and O–H groups in total. The van der Waals surface area contributed by atoms with Crippen molar-refractivity contribution in [3.8, 4) is 11.5 Å². The summed E-state index contributed by atoms with van der Waals surface area (Å²) in [4.78, 5) is 33.6. The van der Waals surface area contributed by atoms with Crippen LogP contribution < -0.4 is 9.47 Å². The van der Waals surface area contributed by atoms with E-state index >= 15 is 0 Å². The van der Waals surface area contributed by atoms with Crippen molar-refractivity contribution in [1.29, 1.82) is 0 Å². The largest absolute Gasteiger partial charge is 0.478 e. The molecule has 0 saturated carbocycles. The molecule has 0 saturated heterocycles. The molecule has 0 heterocycles. The maximum Gasteiger partial charge on any atom is 0.343 e. The highest BCUT2D eigenvalue weighted by Gasteiger charge is 2.11. The van der Waals surface area contributed by atoms with Crippen LogP contribution in [0.4, 0.5) is 0 Å². The predicted octanol–water partition coefficient (Wildman–Crippen LogP) is 2.53. The van der Waals surface area contributed by atoms with E-state index in [1.165, 1.54) is 43.3 Å². The highest BCUT2D eigenvalue weighted by Crippen LogP contribution is 2.20. The smallest absolute Gasteiger partial charge is 0.343 e. The molecule has 6 heteroatoms. The van der Waals surface area contributed by atoms with Crippen molar-refractivity contribution in [3.63, 3.8) is 0 Å². The summed E-state index contributed by atoms with van der Waals surface area (Å²) in [6.45, 7) is 1.27. The second-order valence-corrected chi connectivity index (χ2v) is 4.34. The number of aromatic carboxylic acids is 1. The van der Waals surface area contributed by atoms with Gasteiger partial charge in [0.05, 0.1) is 11.1 Å². The van der Waals surface area contributed by atoms with E-state index in [0.29, 0.717) is 0 Å². The Morgan fingerprint density at radius 3 is 1.95 bits per heavy atom. The number of hydrogen-bond acceptors (Lipinski definition) is 5. The molecule has 2 rings (SSSR count). The van der Waals surface area contributed by atoms with E-state index in [1.807, 2.05) is 0 Å². The minimum atomic E-state index is -1.07. The summed E-state index contributed by atoms with van der Waals surface area (Å²) < 4.78 is 10.0. The molecule has 0 aliphatic rings. The van der Waals surface area contributed by atoms with Crippen molar-refractivity contribution in [1.82, 2.24) is 0 Å². The normalized spacial score (nSPS) is 9.86. The molecule has 2 aromatic carbocycles. The molecular weight excluding hydrogens is 288 g/mol. The van der Waals surface area contributed by atoms with Crippen LogP contribution in [0.25, 0.3) is 0 Å². The lowest BCUT2D eigenvalue weighted by Crippen LogP contribution is -2.09. The Morgan fingerprint density at radius 2 is 1.41 bits per heavy atom. The Bertz CT molecular complexity index is 718. The fraction of sp³-hybridized carbons (Fsp3) is 0.0625. The molecule has 0 spiro atoms. The van der Waals surface area contributed by atoms with Gasteiger partial charge in [-0.3, -0.25) is 4.79 Å². The number of carbonyl (C=O) groups excluding carboxylic acids is 2. The van der Waals surface area contributed by atoms with E-state index in [1.54, 1.807) is 12.1 Å². The minimum absolute atomic E-state index is 0.0772. The van der Waals surface area contributed by atoms with Crippen LogP contribution in [0.5, 0.6) is 11.5 Å². The summed E-state index contributed by atoms with van der Waals surface area (Å²) in [5, 5.41) is 8.79. The summed E-state index contributed by atoms with van der Waals surface area (Å²) >= 11 is 0. The van der Waals surface area contributed by atoms with Gasteiger partial charge in [0.25, 0.3) is 0 Å². The first-order valence-electron chi connectivity index (χ1n) is 6.30. The van der Waals surface area contributed by atoms with E-state index < -0.39 is 17.9 Å². The lowest BCUT2D eigenvalue weighted by atomic mass is 10.1. The Kier molecular flexibility index (Phi) is 4.53. The SMILES string of the molecule is CC(=O)Oc1cccc(OC(=O)c2ccc(C(=O)O)cc2)c1. The third-order valence-corrected chi connectivity index (χ3v) is 2.65. The number of benzene rings is 2. The number of ether oxygens (including phenoxy) is 2. The van der Waals surface area contributed by atoms with Crippen LogP contribution in [0.3, 0.4) is 0 Å². The Hall–Kier alpha value is -3.15. The molecule has 0 bridgehead atoms. The van der Waals surface area contributed by atoms with Crippen LogP contribution in [-0.4, -0.2) is 23.0 Å². The van der Waals surface area contributed by atoms with Crippen LogP contribution in [0.2, 0.25) is 0 Å². The molecular formula is C16H12O6. The monoisotopic (exact) mass is 300 g/mol. The first-order valence-corrected chi connectivity index (χ1v) is 6.30. The van der Waals surface area contributed by atoms with E-state index in [0.717, 1.165) is 0 Å². The molecule has 0 amide bonds. The summed E-state index contributed by atoms with van der Waals surface area (Å²) in [7, 11) is 0. The van der Waals surface area contributed by atoms with Gasteiger partial charge in [-0.15, -0.1) is 0 Å². The van der Waals surface area contributed by atoms with Gasteiger partial charge in [-0.1, -0.05) is 6.07 Å². The van der Waals surface area contributed by atoms with E-state index in [-0.39, 0.29) is 22.6 Å². The van der Waals surface area contributed by atoms with E-state index in [4.69, 9.17) is 14.6 Å². The molecule has 0 fully saturated rings. The van der Waals surface area contributed by atoms with Crippen molar-refractivity contribution in [2.24, 2.45) is 0 Å². The van der Waals surface area contributed by atoms with Crippen LogP contribution >= 0.6 is 0 Å². The third kappa shape index (κ3) is 3.92. The fourth-order valence-electron chi connectivity index (χ4n) is 1.68. The van der Waals surface area contributed by atoms with Gasteiger partial charge in [0.1, 0.15) is 11.5 Å². The maximum atomic E-state index is 12.0. The molecule has 0 atom stereocenters. The summed E-state index contributed by atoms with van der Waals surface area (Å²) in [6.07, 6.45) is 0. The van der Waals surface area contributed by atoms with Crippen LogP contribution in [0.1, 0.15) is 27.6 Å². The van der Waals surface area contributed by atoms with Gasteiger partial charge >= 0.3 is 17.9 Å². The zero-order valence-electron chi connectivity index (χ0n) is 11.6. The van der Waals surface area contributed by atoms with Crippen LogP contribution in [0, 0.1) is 0 Å². The number of carboxylic acids is 1. The molecule has 6 nitrogen and oxygen atoms in total. The summed E-state index contributed by atoms with van der Waals surface area (Å²) in [5.74, 6) is -1.72. The molecule has 0 radical (unpaired) electrons. The van der Waals surface area contributed by atoms with Gasteiger partial charge < -0.3 is 14.6 Å². The second-order valence-electron chi connectivity index (χ2n) is 4.34. The van der Waals surface area contributed by atoms with Crippen molar-refractivity contribution in [2.75, 3.05) is 0 Å². The third-order valence-electron chi connectivity index (χ3n) is 2.65. The number of rotatable bonds is 4. The number of carboxylic acid groups (broad SMARTS) is 1. The predicted molar refractivity (Wildman–Crippen MR) is 76.1 cm³/mol. The van der Waals surface area contributed by atoms with E-state index in [9.17, 15) is 14.4 Å². The lowest BCUT2D eigenvalue weighted by Gasteiger charge is -2.06. The maximum absolute atomic E-state index is 12.0. The molecule has 0 unspecified atom stereocenters. The van der Waals surface area contributed by atoms with Crippen molar-refractivity contribution < 1.29 is 29.0 Å². The van der Waals surface area contributed by atoms with Gasteiger partial charge in [-0.25, -0.2) is 9.59 Å². The average Bonchev–Trinajstić information content (AvgIpc) is 2.47. The van der Waals surface area contributed by atoms with Crippen molar-refractivity contribution >= 4 is 17.9 Å². The summed E-state index contributed by atoms with van der Waals surface area (Å²) in [6, 6.07) is 11.4. The first-order chi connectivity index (χ1) is 10.5. The molecule has 0 aliphatic carbocycles. The number of carbonyl (C=O) groups is 3. The van der Waals surface area contributed by atoms with Gasteiger partial charge in [0.15, 0.2) is 0 Å². The first kappa shape index (κ1) is 15.2. The highest BCUT2D eigenvalue weighted by molar-refractivity contribution is 5.93. The average molecular weight is 300 g/mol.